The molecule has 0 aliphatic rings. The highest BCUT2D eigenvalue weighted by Crippen LogP contribution is 2.17. The third kappa shape index (κ3) is 6.55. The van der Waals surface area contributed by atoms with E-state index < -0.39 is 5.97 Å². The van der Waals surface area contributed by atoms with Crippen molar-refractivity contribution >= 4 is 11.9 Å². The van der Waals surface area contributed by atoms with Crippen LogP contribution in [0.1, 0.15) is 53.8 Å². The average molecular weight is 371 g/mol. The number of aliphatic carboxylic acids is 1. The lowest BCUT2D eigenvalue weighted by Crippen LogP contribution is -2.24. The fourth-order valence-corrected chi connectivity index (χ4v) is 3.07. The molecule has 0 unspecified atom stereocenters. The number of hydrogen-bond acceptors (Lipinski definition) is 3. The molecule has 0 aliphatic heterocycles. The lowest BCUT2D eigenvalue weighted by molar-refractivity contribution is -0.137. The highest BCUT2D eigenvalue weighted by Gasteiger charge is 2.13. The van der Waals surface area contributed by atoms with Crippen LogP contribution in [0.15, 0.2) is 24.3 Å². The minimum Gasteiger partial charge on any atom is -0.481 e. The number of carboxylic acid groups (broad SMARTS) is 1. The largest absolute Gasteiger partial charge is 0.481 e. The Labute approximate surface area is 160 Å². The Morgan fingerprint density at radius 2 is 1.78 bits per heavy atom. The van der Waals surface area contributed by atoms with E-state index in [0.717, 1.165) is 23.5 Å². The minimum absolute atomic E-state index is 0.00425. The van der Waals surface area contributed by atoms with E-state index in [1.807, 2.05) is 18.5 Å². The van der Waals surface area contributed by atoms with Gasteiger partial charge in [0.15, 0.2) is 0 Å². The second kappa shape index (κ2) is 9.90. The molecule has 0 radical (unpaired) electrons. The molecule has 0 aliphatic carbocycles. The molecule has 0 saturated carbocycles. The predicted molar refractivity (Wildman–Crippen MR) is 105 cm³/mol. The standard InChI is InChI=1S/C21H29N3O3/c1-15-7-9-18(10-8-15)14-24-17(3)19(16(2)23-24)11-12-20(25)22-13-5-4-6-21(26)27/h7-10H,4-6,11-14H2,1-3H3,(H,22,25)(H,26,27). The summed E-state index contributed by atoms with van der Waals surface area (Å²) in [7, 11) is 0. The van der Waals surface area contributed by atoms with Crippen LogP contribution in [0.4, 0.5) is 0 Å². The van der Waals surface area contributed by atoms with Crippen LogP contribution in [0.3, 0.4) is 0 Å². The van der Waals surface area contributed by atoms with Gasteiger partial charge in [-0.25, -0.2) is 0 Å². The fraction of sp³-hybridized carbons (Fsp3) is 0.476. The topological polar surface area (TPSA) is 84.2 Å². The van der Waals surface area contributed by atoms with E-state index in [1.54, 1.807) is 0 Å². The van der Waals surface area contributed by atoms with Crippen molar-refractivity contribution in [2.24, 2.45) is 0 Å². The first-order valence-electron chi connectivity index (χ1n) is 9.43. The second-order valence-electron chi connectivity index (χ2n) is 6.99. The van der Waals surface area contributed by atoms with Crippen molar-refractivity contribution in [3.05, 3.63) is 52.3 Å². The summed E-state index contributed by atoms with van der Waals surface area (Å²) in [6.07, 6.45) is 2.49. The summed E-state index contributed by atoms with van der Waals surface area (Å²) in [5.74, 6) is -0.801. The summed E-state index contributed by atoms with van der Waals surface area (Å²) < 4.78 is 2.00. The van der Waals surface area contributed by atoms with Gasteiger partial charge in [0.2, 0.25) is 5.91 Å². The van der Waals surface area contributed by atoms with E-state index in [4.69, 9.17) is 5.11 Å². The van der Waals surface area contributed by atoms with Crippen LogP contribution >= 0.6 is 0 Å². The van der Waals surface area contributed by atoms with E-state index in [2.05, 4.69) is 41.6 Å². The van der Waals surface area contributed by atoms with Gasteiger partial charge < -0.3 is 10.4 Å². The minimum atomic E-state index is -0.796. The summed E-state index contributed by atoms with van der Waals surface area (Å²) >= 11 is 0. The number of hydrogen-bond donors (Lipinski definition) is 2. The average Bonchev–Trinajstić information content (AvgIpc) is 2.88. The quantitative estimate of drug-likeness (QED) is 0.628. The maximum absolute atomic E-state index is 12.0. The third-order valence-corrected chi connectivity index (χ3v) is 4.73. The molecule has 2 rings (SSSR count). The molecule has 2 aromatic rings. The zero-order valence-corrected chi connectivity index (χ0v) is 16.4. The van der Waals surface area contributed by atoms with Crippen LogP contribution < -0.4 is 5.32 Å². The maximum Gasteiger partial charge on any atom is 0.303 e. The SMILES string of the molecule is Cc1ccc(Cn2nc(C)c(CCC(=O)NCCCCC(=O)O)c2C)cc1. The number of rotatable bonds is 10. The van der Waals surface area contributed by atoms with Gasteiger partial charge >= 0.3 is 5.97 Å². The summed E-state index contributed by atoms with van der Waals surface area (Å²) in [5.41, 5.74) is 5.64. The molecule has 0 saturated heterocycles. The third-order valence-electron chi connectivity index (χ3n) is 4.73. The van der Waals surface area contributed by atoms with Gasteiger partial charge in [-0.2, -0.15) is 5.10 Å². The molecule has 27 heavy (non-hydrogen) atoms. The van der Waals surface area contributed by atoms with E-state index in [0.29, 0.717) is 32.2 Å². The van der Waals surface area contributed by atoms with Crippen LogP contribution in [-0.4, -0.2) is 33.3 Å². The number of carbonyl (C=O) groups is 2. The Balaban J connectivity index is 1.84. The molecule has 1 heterocycles. The first-order chi connectivity index (χ1) is 12.9. The molecular formula is C21H29N3O3. The molecule has 146 valence electrons. The van der Waals surface area contributed by atoms with Gasteiger partial charge in [-0.1, -0.05) is 29.8 Å². The zero-order valence-electron chi connectivity index (χ0n) is 16.4. The number of unbranched alkanes of at least 4 members (excludes halogenated alkanes) is 1. The van der Waals surface area contributed by atoms with Crippen molar-refractivity contribution in [2.75, 3.05) is 6.54 Å². The molecular weight excluding hydrogens is 342 g/mol. The number of aryl methyl sites for hydroxylation is 2. The fourth-order valence-electron chi connectivity index (χ4n) is 3.07. The highest BCUT2D eigenvalue weighted by molar-refractivity contribution is 5.76. The Kier molecular flexibility index (Phi) is 7.58. The van der Waals surface area contributed by atoms with Gasteiger partial charge in [-0.05, 0) is 51.2 Å². The number of nitrogens with zero attached hydrogens (tertiary/aromatic N) is 2. The first-order valence-corrected chi connectivity index (χ1v) is 9.43. The van der Waals surface area contributed by atoms with Gasteiger partial charge in [0.25, 0.3) is 0 Å². The van der Waals surface area contributed by atoms with Crippen molar-refractivity contribution in [3.63, 3.8) is 0 Å². The molecule has 2 N–H and O–H groups in total. The van der Waals surface area contributed by atoms with Crippen molar-refractivity contribution < 1.29 is 14.7 Å². The van der Waals surface area contributed by atoms with Crippen LogP contribution in [-0.2, 0) is 22.6 Å². The molecule has 0 spiro atoms. The number of carboxylic acids is 1. The van der Waals surface area contributed by atoms with Crippen molar-refractivity contribution in [2.45, 2.75) is 59.4 Å². The van der Waals surface area contributed by atoms with Crippen LogP contribution in [0, 0.1) is 20.8 Å². The van der Waals surface area contributed by atoms with Gasteiger partial charge in [0, 0.05) is 25.1 Å². The smallest absolute Gasteiger partial charge is 0.303 e. The highest BCUT2D eigenvalue weighted by atomic mass is 16.4. The summed E-state index contributed by atoms with van der Waals surface area (Å²) in [4.78, 5) is 22.5. The molecule has 6 heteroatoms. The second-order valence-corrected chi connectivity index (χ2v) is 6.99. The molecule has 1 aromatic carbocycles. The van der Waals surface area contributed by atoms with E-state index in [9.17, 15) is 9.59 Å². The monoisotopic (exact) mass is 371 g/mol. The molecule has 0 atom stereocenters. The van der Waals surface area contributed by atoms with Crippen molar-refractivity contribution in [1.29, 1.82) is 0 Å². The summed E-state index contributed by atoms with van der Waals surface area (Å²) in [5, 5.41) is 16.1. The lowest BCUT2D eigenvalue weighted by Gasteiger charge is -2.07. The van der Waals surface area contributed by atoms with Gasteiger partial charge in [-0.3, -0.25) is 14.3 Å². The van der Waals surface area contributed by atoms with E-state index >= 15 is 0 Å². The summed E-state index contributed by atoms with van der Waals surface area (Å²) in [6, 6.07) is 8.43. The molecule has 1 aromatic heterocycles. The van der Waals surface area contributed by atoms with Crippen LogP contribution in [0.5, 0.6) is 0 Å². The normalized spacial score (nSPS) is 10.8. The number of aromatic nitrogens is 2. The Hall–Kier alpha value is -2.63. The Morgan fingerprint density at radius 3 is 2.44 bits per heavy atom. The lowest BCUT2D eigenvalue weighted by atomic mass is 10.1. The molecule has 6 nitrogen and oxygen atoms in total. The first kappa shape index (κ1) is 20.7. The van der Waals surface area contributed by atoms with Gasteiger partial charge in [0.05, 0.1) is 12.2 Å². The van der Waals surface area contributed by atoms with E-state index in [1.165, 1.54) is 11.1 Å². The van der Waals surface area contributed by atoms with Gasteiger partial charge in [-0.15, -0.1) is 0 Å². The van der Waals surface area contributed by atoms with Crippen molar-refractivity contribution in [1.82, 2.24) is 15.1 Å². The van der Waals surface area contributed by atoms with Crippen LogP contribution in [0.25, 0.3) is 0 Å². The Morgan fingerprint density at radius 1 is 1.07 bits per heavy atom. The number of nitrogens with one attached hydrogen (secondary N) is 1. The number of amides is 1. The number of carbonyl (C=O) groups excluding carboxylic acids is 1. The summed E-state index contributed by atoms with van der Waals surface area (Å²) in [6.45, 7) is 7.35. The number of benzene rings is 1. The Bertz CT molecular complexity index is 779. The predicted octanol–water partition coefficient (Wildman–Crippen LogP) is 3.16. The molecule has 0 bridgehead atoms. The van der Waals surface area contributed by atoms with Gasteiger partial charge in [0.1, 0.15) is 0 Å². The van der Waals surface area contributed by atoms with E-state index in [-0.39, 0.29) is 12.3 Å². The molecule has 1 amide bonds. The van der Waals surface area contributed by atoms with Crippen LogP contribution in [0.2, 0.25) is 0 Å². The molecule has 0 fully saturated rings. The van der Waals surface area contributed by atoms with Crippen molar-refractivity contribution in [3.8, 4) is 0 Å². The zero-order chi connectivity index (χ0) is 19.8. The maximum atomic E-state index is 12.0.